The molecule has 3 rings (SSSR count). The van der Waals surface area contributed by atoms with Gasteiger partial charge in [-0.1, -0.05) is 42.5 Å². The zero-order valence-electron chi connectivity index (χ0n) is 22.5. The molecule has 0 unspecified atom stereocenters. The average molecular weight is 555 g/mol. The first-order valence-electron chi connectivity index (χ1n) is 13.4. The lowest BCUT2D eigenvalue weighted by molar-refractivity contribution is -0.145. The molecule has 40 heavy (non-hydrogen) atoms. The number of rotatable bonds is 12. The second-order valence-corrected chi connectivity index (χ2v) is 10.2. The van der Waals surface area contributed by atoms with Crippen molar-refractivity contribution in [3.63, 3.8) is 0 Å². The second kappa shape index (κ2) is 13.9. The highest BCUT2D eigenvalue weighted by Gasteiger charge is 2.37. The summed E-state index contributed by atoms with van der Waals surface area (Å²) in [6.07, 6.45) is 0.436. The number of hydrogen-bond donors (Lipinski definition) is 6. The molecule has 1 saturated heterocycles. The van der Waals surface area contributed by atoms with Crippen LogP contribution in [0.2, 0.25) is 0 Å². The Balaban J connectivity index is 1.86. The summed E-state index contributed by atoms with van der Waals surface area (Å²) >= 11 is 0. The molecule has 5 atom stereocenters. The molecule has 0 radical (unpaired) electrons. The third-order valence-electron chi connectivity index (χ3n) is 7.12. The van der Waals surface area contributed by atoms with Gasteiger partial charge in [-0.15, -0.1) is 0 Å². The first-order valence-corrected chi connectivity index (χ1v) is 13.4. The summed E-state index contributed by atoms with van der Waals surface area (Å²) < 4.78 is 0. The average Bonchev–Trinajstić information content (AvgIpc) is 2.93. The molecule has 9 N–H and O–H groups in total. The Hall–Kier alpha value is -4.03. The number of primary amides is 2. The van der Waals surface area contributed by atoms with E-state index in [0.29, 0.717) is 19.3 Å². The van der Waals surface area contributed by atoms with E-state index in [9.17, 15) is 29.1 Å². The number of nitrogens with one attached hydrogen (secondary N) is 2. The van der Waals surface area contributed by atoms with Crippen LogP contribution in [-0.4, -0.2) is 76.4 Å². The van der Waals surface area contributed by atoms with Crippen molar-refractivity contribution in [2.75, 3.05) is 6.54 Å². The van der Waals surface area contributed by atoms with Crippen LogP contribution in [0.5, 0.6) is 0 Å². The molecule has 1 aliphatic rings. The molecule has 12 heteroatoms. The normalized spacial score (nSPS) is 18.3. The van der Waals surface area contributed by atoms with Crippen LogP contribution in [0.1, 0.15) is 44.6 Å². The minimum Gasteiger partial charge on any atom is -0.391 e. The molecule has 216 valence electrons. The van der Waals surface area contributed by atoms with E-state index in [1.54, 1.807) is 0 Å². The minimum atomic E-state index is -1.19. The number of benzene rings is 2. The topological polar surface area (TPSA) is 211 Å². The quantitative estimate of drug-likeness (QED) is 0.196. The van der Waals surface area contributed by atoms with Gasteiger partial charge < -0.3 is 37.8 Å². The molecule has 0 aromatic heterocycles. The van der Waals surface area contributed by atoms with E-state index < -0.39 is 59.8 Å². The van der Waals surface area contributed by atoms with Gasteiger partial charge in [0.05, 0.1) is 6.10 Å². The smallest absolute Gasteiger partial charge is 0.243 e. The van der Waals surface area contributed by atoms with Crippen molar-refractivity contribution in [2.45, 2.75) is 75.7 Å². The molecule has 0 aliphatic carbocycles. The molecule has 2 aromatic carbocycles. The Bertz CT molecular complexity index is 1250. The van der Waals surface area contributed by atoms with Gasteiger partial charge in [-0.2, -0.15) is 0 Å². The van der Waals surface area contributed by atoms with Gasteiger partial charge in [0.1, 0.15) is 24.2 Å². The van der Waals surface area contributed by atoms with E-state index in [2.05, 4.69) is 10.6 Å². The van der Waals surface area contributed by atoms with E-state index in [1.807, 2.05) is 42.5 Å². The Morgan fingerprint density at radius 2 is 1.70 bits per heavy atom. The Morgan fingerprint density at radius 1 is 1.00 bits per heavy atom. The maximum Gasteiger partial charge on any atom is 0.243 e. The number of nitrogens with two attached hydrogens (primary N) is 3. The van der Waals surface area contributed by atoms with Gasteiger partial charge in [0.15, 0.2) is 0 Å². The van der Waals surface area contributed by atoms with Crippen LogP contribution in [0.4, 0.5) is 0 Å². The van der Waals surface area contributed by atoms with Gasteiger partial charge in [0.25, 0.3) is 0 Å². The molecule has 1 aliphatic heterocycles. The van der Waals surface area contributed by atoms with Crippen molar-refractivity contribution in [3.8, 4) is 0 Å². The third kappa shape index (κ3) is 7.99. The van der Waals surface area contributed by atoms with Crippen molar-refractivity contribution in [1.82, 2.24) is 15.5 Å². The number of hydrogen-bond acceptors (Lipinski definition) is 7. The fraction of sp³-hybridized carbons (Fsp3) is 0.464. The summed E-state index contributed by atoms with van der Waals surface area (Å²) in [5, 5.41) is 17.1. The van der Waals surface area contributed by atoms with Crippen molar-refractivity contribution in [2.24, 2.45) is 17.2 Å². The molecule has 1 heterocycles. The fourth-order valence-electron chi connectivity index (χ4n) is 4.79. The lowest BCUT2D eigenvalue weighted by Crippen LogP contribution is -2.61. The molecule has 5 amide bonds. The summed E-state index contributed by atoms with van der Waals surface area (Å²) in [6.45, 7) is 1.69. The summed E-state index contributed by atoms with van der Waals surface area (Å²) in [5.41, 5.74) is 17.2. The van der Waals surface area contributed by atoms with Crippen LogP contribution in [0.25, 0.3) is 10.8 Å². The molecule has 0 spiro atoms. The largest absolute Gasteiger partial charge is 0.391 e. The number of piperidine rings is 1. The zero-order chi connectivity index (χ0) is 29.4. The number of carbonyl (C=O) groups excluding carboxylic acids is 5. The maximum atomic E-state index is 13.5. The predicted molar refractivity (Wildman–Crippen MR) is 148 cm³/mol. The van der Waals surface area contributed by atoms with E-state index >= 15 is 0 Å². The minimum absolute atomic E-state index is 0.0809. The highest BCUT2D eigenvalue weighted by molar-refractivity contribution is 5.95. The van der Waals surface area contributed by atoms with Crippen molar-refractivity contribution in [1.29, 1.82) is 0 Å². The zero-order valence-corrected chi connectivity index (χ0v) is 22.5. The SMILES string of the molecule is C[C@@H](O)[C@H](N)C(=O)N1CCCC[C@H]1C(=O)N[C@@H](Cc1ccc2ccccc2c1)C(=O)N[C@@H](CCC(N)=O)C(N)=O. The first kappa shape index (κ1) is 30.5. The lowest BCUT2D eigenvalue weighted by atomic mass is 9.97. The number of fused-ring (bicyclic) bond motifs is 1. The number of nitrogens with zero attached hydrogens (tertiary/aromatic N) is 1. The highest BCUT2D eigenvalue weighted by Crippen LogP contribution is 2.20. The summed E-state index contributed by atoms with van der Waals surface area (Å²) in [7, 11) is 0. The second-order valence-electron chi connectivity index (χ2n) is 10.2. The van der Waals surface area contributed by atoms with Crippen LogP contribution in [-0.2, 0) is 30.4 Å². The molecular weight excluding hydrogens is 516 g/mol. The van der Waals surface area contributed by atoms with Crippen LogP contribution in [0, 0.1) is 0 Å². The molecular formula is C28H38N6O6. The van der Waals surface area contributed by atoms with Gasteiger partial charge >= 0.3 is 0 Å². The standard InChI is InChI=1S/C28H38N6O6/c1-16(35)24(30)28(40)34-13-5-4-8-22(34)27(39)33-21(26(38)32-20(25(31)37)11-12-23(29)36)15-17-9-10-18-6-2-3-7-19(18)14-17/h2-3,6-7,9-10,14,16,20-22,24,35H,4-5,8,11-13,15,30H2,1H3,(H2,29,36)(H2,31,37)(H,32,38)(H,33,39)/t16-,20+,21+,22+,24+/m1/s1. The number of aliphatic hydroxyl groups excluding tert-OH is 1. The summed E-state index contributed by atoms with van der Waals surface area (Å²) in [5.74, 6) is -3.28. The van der Waals surface area contributed by atoms with Crippen LogP contribution in [0.3, 0.4) is 0 Å². The predicted octanol–water partition coefficient (Wildman–Crippen LogP) is -0.808. The highest BCUT2D eigenvalue weighted by atomic mass is 16.3. The molecule has 0 saturated carbocycles. The van der Waals surface area contributed by atoms with Gasteiger partial charge in [-0.3, -0.25) is 24.0 Å². The first-order chi connectivity index (χ1) is 19.0. The Morgan fingerprint density at radius 3 is 2.35 bits per heavy atom. The Kier molecular flexibility index (Phi) is 10.6. The molecule has 12 nitrogen and oxygen atoms in total. The molecule has 0 bridgehead atoms. The van der Waals surface area contributed by atoms with Gasteiger partial charge in [-0.05, 0) is 48.9 Å². The third-order valence-corrected chi connectivity index (χ3v) is 7.12. The molecule has 1 fully saturated rings. The number of carbonyl (C=O) groups is 5. The van der Waals surface area contributed by atoms with Crippen molar-refractivity contribution in [3.05, 3.63) is 48.0 Å². The number of aliphatic hydroxyl groups is 1. The Labute approximate surface area is 232 Å². The monoisotopic (exact) mass is 554 g/mol. The van der Waals surface area contributed by atoms with Gasteiger partial charge in [0.2, 0.25) is 29.5 Å². The number of likely N-dealkylation sites (tertiary alicyclic amines) is 1. The van der Waals surface area contributed by atoms with Crippen molar-refractivity contribution < 1.29 is 29.1 Å². The van der Waals surface area contributed by atoms with E-state index in [1.165, 1.54) is 11.8 Å². The van der Waals surface area contributed by atoms with Crippen LogP contribution >= 0.6 is 0 Å². The van der Waals surface area contributed by atoms with Crippen LogP contribution < -0.4 is 27.8 Å². The molecule has 2 aromatic rings. The van der Waals surface area contributed by atoms with Gasteiger partial charge in [-0.25, -0.2) is 0 Å². The summed E-state index contributed by atoms with van der Waals surface area (Å²) in [6, 6.07) is 8.94. The number of amides is 5. The van der Waals surface area contributed by atoms with Crippen molar-refractivity contribution >= 4 is 40.3 Å². The summed E-state index contributed by atoms with van der Waals surface area (Å²) in [4.78, 5) is 64.4. The lowest BCUT2D eigenvalue weighted by Gasteiger charge is -2.37. The fourth-order valence-corrected chi connectivity index (χ4v) is 4.79. The van der Waals surface area contributed by atoms with E-state index in [-0.39, 0.29) is 25.8 Å². The van der Waals surface area contributed by atoms with Gasteiger partial charge in [0, 0.05) is 19.4 Å². The van der Waals surface area contributed by atoms with E-state index in [0.717, 1.165) is 16.3 Å². The maximum absolute atomic E-state index is 13.5. The van der Waals surface area contributed by atoms with Crippen LogP contribution in [0.15, 0.2) is 42.5 Å². The van der Waals surface area contributed by atoms with E-state index in [4.69, 9.17) is 17.2 Å².